The van der Waals surface area contributed by atoms with Gasteiger partial charge >= 0.3 is 0 Å². The van der Waals surface area contributed by atoms with E-state index in [2.05, 4.69) is 17.8 Å². The Morgan fingerprint density at radius 1 is 1.28 bits per heavy atom. The maximum atomic E-state index is 11.1. The van der Waals surface area contributed by atoms with Crippen molar-refractivity contribution in [3.8, 4) is 24.2 Å². The van der Waals surface area contributed by atoms with Gasteiger partial charge in [-0.05, 0) is 25.0 Å². The minimum Gasteiger partial charge on any atom is -0.250 e. The molecular formula is C14H12O3S. The van der Waals surface area contributed by atoms with Crippen LogP contribution in [-0.2, 0) is 14.3 Å². The van der Waals surface area contributed by atoms with Crippen molar-refractivity contribution in [1.29, 1.82) is 0 Å². The maximum absolute atomic E-state index is 11.1. The van der Waals surface area contributed by atoms with E-state index >= 15 is 0 Å². The first-order valence-electron chi connectivity index (χ1n) is 5.44. The summed E-state index contributed by atoms with van der Waals surface area (Å²) in [6, 6.07) is 7.27. The molecule has 2 rings (SSSR count). The summed E-state index contributed by atoms with van der Waals surface area (Å²) in [5.41, 5.74) is 0.568. The monoisotopic (exact) mass is 260 g/mol. The minimum absolute atomic E-state index is 0.630. The van der Waals surface area contributed by atoms with Crippen molar-refractivity contribution in [3.05, 3.63) is 35.4 Å². The van der Waals surface area contributed by atoms with Crippen LogP contribution in [0.15, 0.2) is 24.3 Å². The van der Waals surface area contributed by atoms with Crippen LogP contribution < -0.4 is 0 Å². The molecule has 0 atom stereocenters. The second-order valence-electron chi connectivity index (χ2n) is 4.22. The van der Waals surface area contributed by atoms with E-state index in [9.17, 15) is 8.42 Å². The van der Waals surface area contributed by atoms with Crippen LogP contribution in [0.25, 0.3) is 0 Å². The van der Waals surface area contributed by atoms with Crippen LogP contribution in [0.5, 0.6) is 0 Å². The number of benzene rings is 1. The summed E-state index contributed by atoms with van der Waals surface area (Å²) in [5.74, 6) is 8.32. The van der Waals surface area contributed by atoms with Crippen molar-refractivity contribution in [2.75, 3.05) is 6.26 Å². The molecule has 0 spiro atoms. The standard InChI is InChI=1S/C14H12O3S/c1-3-12-6-4-5-7-13(12)8-9-14(10-11-14)17-18(2,15)16/h1,4-7H,10-11H2,2H3. The fourth-order valence-corrected chi connectivity index (χ4v) is 2.32. The van der Waals surface area contributed by atoms with Crippen LogP contribution >= 0.6 is 0 Å². The highest BCUT2D eigenvalue weighted by atomic mass is 32.2. The predicted molar refractivity (Wildman–Crippen MR) is 69.1 cm³/mol. The largest absolute Gasteiger partial charge is 0.265 e. The lowest BCUT2D eigenvalue weighted by atomic mass is 10.1. The highest BCUT2D eigenvalue weighted by Crippen LogP contribution is 2.40. The van der Waals surface area contributed by atoms with Gasteiger partial charge in [0, 0.05) is 11.1 Å². The Bertz CT molecular complexity index is 665. The van der Waals surface area contributed by atoms with Crippen LogP contribution in [0, 0.1) is 24.2 Å². The molecule has 92 valence electrons. The molecule has 0 amide bonds. The van der Waals surface area contributed by atoms with Crippen molar-refractivity contribution in [3.63, 3.8) is 0 Å². The summed E-state index contributed by atoms with van der Waals surface area (Å²) >= 11 is 0. The lowest BCUT2D eigenvalue weighted by Crippen LogP contribution is -2.16. The molecule has 3 nitrogen and oxygen atoms in total. The number of hydrogen-bond donors (Lipinski definition) is 0. The Hall–Kier alpha value is -1.75. The first kappa shape index (κ1) is 12.7. The molecule has 0 N–H and O–H groups in total. The molecule has 0 bridgehead atoms. The van der Waals surface area contributed by atoms with Gasteiger partial charge in [0.2, 0.25) is 0 Å². The fraction of sp³-hybridized carbons (Fsp3) is 0.286. The molecule has 0 heterocycles. The van der Waals surface area contributed by atoms with Crippen molar-refractivity contribution in [1.82, 2.24) is 0 Å². The van der Waals surface area contributed by atoms with Crippen molar-refractivity contribution >= 4 is 10.1 Å². The smallest absolute Gasteiger partial charge is 0.250 e. The van der Waals surface area contributed by atoms with Gasteiger partial charge in [0.15, 0.2) is 0 Å². The molecule has 1 aliphatic carbocycles. The lowest BCUT2D eigenvalue weighted by molar-refractivity contribution is 0.249. The van der Waals surface area contributed by atoms with Gasteiger partial charge in [-0.15, -0.1) is 6.42 Å². The van der Waals surface area contributed by atoms with Crippen LogP contribution in [0.1, 0.15) is 24.0 Å². The van der Waals surface area contributed by atoms with Crippen LogP contribution in [-0.4, -0.2) is 20.3 Å². The third-order valence-electron chi connectivity index (χ3n) is 2.52. The van der Waals surface area contributed by atoms with Crippen molar-refractivity contribution < 1.29 is 12.6 Å². The Morgan fingerprint density at radius 2 is 1.89 bits per heavy atom. The molecule has 1 aromatic carbocycles. The van der Waals surface area contributed by atoms with Gasteiger partial charge < -0.3 is 0 Å². The molecule has 0 unspecified atom stereocenters. The van der Waals surface area contributed by atoms with Gasteiger partial charge in [-0.25, -0.2) is 0 Å². The molecule has 0 aliphatic heterocycles. The number of hydrogen-bond acceptors (Lipinski definition) is 3. The molecule has 0 saturated heterocycles. The zero-order valence-corrected chi connectivity index (χ0v) is 10.8. The van der Waals surface area contributed by atoms with Gasteiger partial charge in [0.1, 0.15) is 5.60 Å². The summed E-state index contributed by atoms with van der Waals surface area (Å²) < 4.78 is 27.2. The molecule has 1 aromatic rings. The SMILES string of the molecule is C#Cc1ccccc1C#CC1(OS(C)(=O)=O)CC1. The van der Waals surface area contributed by atoms with Crippen LogP contribution in [0.4, 0.5) is 0 Å². The Balaban J connectivity index is 2.26. The zero-order valence-electron chi connectivity index (χ0n) is 9.93. The molecule has 0 radical (unpaired) electrons. The van der Waals surface area contributed by atoms with Gasteiger partial charge in [-0.2, -0.15) is 8.42 Å². The zero-order chi connectivity index (χ0) is 13.2. The highest BCUT2D eigenvalue weighted by molar-refractivity contribution is 7.86. The highest BCUT2D eigenvalue weighted by Gasteiger charge is 2.46. The lowest BCUT2D eigenvalue weighted by Gasteiger charge is -2.06. The van der Waals surface area contributed by atoms with E-state index in [0.29, 0.717) is 24.0 Å². The molecule has 0 aromatic heterocycles. The average Bonchev–Trinajstić information content (AvgIpc) is 3.04. The van der Waals surface area contributed by atoms with E-state index in [1.54, 1.807) is 12.1 Å². The van der Waals surface area contributed by atoms with Crippen LogP contribution in [0.3, 0.4) is 0 Å². The average molecular weight is 260 g/mol. The van der Waals surface area contributed by atoms with E-state index in [-0.39, 0.29) is 0 Å². The van der Waals surface area contributed by atoms with Gasteiger partial charge in [-0.3, -0.25) is 4.18 Å². The summed E-state index contributed by atoms with van der Waals surface area (Å²) in [4.78, 5) is 0. The summed E-state index contributed by atoms with van der Waals surface area (Å²) in [6.45, 7) is 0. The topological polar surface area (TPSA) is 43.4 Å². The maximum Gasteiger partial charge on any atom is 0.265 e. The number of terminal acetylenes is 1. The van der Waals surface area contributed by atoms with E-state index < -0.39 is 15.7 Å². The van der Waals surface area contributed by atoms with Gasteiger partial charge in [-0.1, -0.05) is 29.9 Å². The summed E-state index contributed by atoms with van der Waals surface area (Å²) in [7, 11) is -3.48. The van der Waals surface area contributed by atoms with E-state index in [4.69, 9.17) is 10.6 Å². The minimum atomic E-state index is -3.48. The van der Waals surface area contributed by atoms with Gasteiger partial charge in [0.25, 0.3) is 10.1 Å². The quantitative estimate of drug-likeness (QED) is 0.598. The molecule has 1 saturated carbocycles. The van der Waals surface area contributed by atoms with Gasteiger partial charge in [0.05, 0.1) is 6.26 Å². The normalized spacial score (nSPS) is 16.2. The molecular weight excluding hydrogens is 248 g/mol. The number of rotatable bonds is 2. The van der Waals surface area contributed by atoms with E-state index in [0.717, 1.165) is 6.26 Å². The first-order chi connectivity index (χ1) is 8.44. The van der Waals surface area contributed by atoms with Crippen LogP contribution in [0.2, 0.25) is 0 Å². The Labute approximate surface area is 107 Å². The molecule has 1 aliphatic rings. The third kappa shape index (κ3) is 3.13. The fourth-order valence-electron chi connectivity index (χ4n) is 1.53. The van der Waals surface area contributed by atoms with Crippen molar-refractivity contribution in [2.45, 2.75) is 18.4 Å². The van der Waals surface area contributed by atoms with E-state index in [1.807, 2.05) is 12.1 Å². The summed E-state index contributed by atoms with van der Waals surface area (Å²) in [5, 5.41) is 0. The third-order valence-corrected chi connectivity index (χ3v) is 3.14. The summed E-state index contributed by atoms with van der Waals surface area (Å²) in [6.07, 6.45) is 7.65. The molecule has 18 heavy (non-hydrogen) atoms. The van der Waals surface area contributed by atoms with Crippen molar-refractivity contribution in [2.24, 2.45) is 0 Å². The second kappa shape index (κ2) is 4.49. The predicted octanol–water partition coefficient (Wildman–Crippen LogP) is 1.53. The molecule has 1 fully saturated rings. The van der Waals surface area contributed by atoms with E-state index in [1.165, 1.54) is 0 Å². The Morgan fingerprint density at radius 3 is 2.39 bits per heavy atom. The molecule has 4 heteroatoms. The second-order valence-corrected chi connectivity index (χ2v) is 5.80. The first-order valence-corrected chi connectivity index (χ1v) is 7.25. The Kier molecular flexibility index (Phi) is 3.17.